The normalized spacial score (nSPS) is 11.1. The van der Waals surface area contributed by atoms with Crippen LogP contribution in [0.4, 0.5) is 10.1 Å². The lowest BCUT2D eigenvalue weighted by molar-refractivity contribution is 0.102. The molecule has 0 fully saturated rings. The topological polar surface area (TPSA) is 59.8 Å². The second kappa shape index (κ2) is 6.92. The zero-order valence-corrected chi connectivity index (χ0v) is 15.7. The highest BCUT2D eigenvalue weighted by Gasteiger charge is 2.16. The zero-order chi connectivity index (χ0) is 19.0. The van der Waals surface area contributed by atoms with Crippen LogP contribution in [-0.4, -0.2) is 20.4 Å². The van der Waals surface area contributed by atoms with E-state index in [4.69, 9.17) is 0 Å². The number of carbonyl (C=O) groups is 1. The predicted octanol–water partition coefficient (Wildman–Crippen LogP) is 4.88. The van der Waals surface area contributed by atoms with Crippen molar-refractivity contribution in [3.8, 4) is 10.6 Å². The number of halogens is 1. The molecule has 0 aliphatic heterocycles. The van der Waals surface area contributed by atoms with Gasteiger partial charge in [-0.1, -0.05) is 0 Å². The number of rotatable bonds is 4. The van der Waals surface area contributed by atoms with Crippen molar-refractivity contribution >= 4 is 34.0 Å². The van der Waals surface area contributed by atoms with Gasteiger partial charge in [-0.15, -0.1) is 11.3 Å². The van der Waals surface area contributed by atoms with Crippen molar-refractivity contribution in [3.05, 3.63) is 65.2 Å². The van der Waals surface area contributed by atoms with Gasteiger partial charge in [0.1, 0.15) is 22.2 Å². The van der Waals surface area contributed by atoms with Crippen molar-refractivity contribution in [2.75, 3.05) is 5.32 Å². The molecule has 1 aromatic carbocycles. The van der Waals surface area contributed by atoms with E-state index < -0.39 is 0 Å². The Hall–Kier alpha value is -3.06. The van der Waals surface area contributed by atoms with Gasteiger partial charge in [0.2, 0.25) is 0 Å². The summed E-state index contributed by atoms with van der Waals surface area (Å²) in [5, 5.41) is 6.27. The highest BCUT2D eigenvalue weighted by molar-refractivity contribution is 7.13. The Balaban J connectivity index is 1.64. The molecule has 0 aliphatic rings. The fourth-order valence-corrected chi connectivity index (χ4v) is 3.78. The fraction of sp³-hybridized carbons (Fsp3) is 0.150. The van der Waals surface area contributed by atoms with Crippen molar-refractivity contribution in [2.24, 2.45) is 0 Å². The predicted molar refractivity (Wildman–Crippen MR) is 106 cm³/mol. The molecular weight excluding hydrogens is 363 g/mol. The van der Waals surface area contributed by atoms with Crippen LogP contribution in [0.3, 0.4) is 0 Å². The number of amides is 1. The minimum Gasteiger partial charge on any atom is -0.332 e. The van der Waals surface area contributed by atoms with Crippen LogP contribution in [0.15, 0.2) is 48.1 Å². The van der Waals surface area contributed by atoms with Crippen molar-refractivity contribution in [1.29, 1.82) is 0 Å². The van der Waals surface area contributed by atoms with Crippen LogP contribution in [0, 0.1) is 12.7 Å². The third-order valence-electron chi connectivity index (χ3n) is 4.36. The molecule has 0 saturated heterocycles. The molecule has 1 N–H and O–H groups in total. The Labute approximate surface area is 159 Å². The molecule has 5 nitrogen and oxygen atoms in total. The fourth-order valence-electron chi connectivity index (χ4n) is 2.95. The van der Waals surface area contributed by atoms with Crippen LogP contribution >= 0.6 is 11.3 Å². The third kappa shape index (κ3) is 3.21. The number of aromatic nitrogens is 3. The Bertz CT molecular complexity index is 1150. The largest absolute Gasteiger partial charge is 0.332 e. The molecule has 4 rings (SSSR count). The summed E-state index contributed by atoms with van der Waals surface area (Å²) >= 11 is 1.41. The van der Waals surface area contributed by atoms with E-state index in [2.05, 4.69) is 26.8 Å². The summed E-state index contributed by atoms with van der Waals surface area (Å²) < 4.78 is 15.4. The van der Waals surface area contributed by atoms with Gasteiger partial charge in [0.15, 0.2) is 0 Å². The molecule has 0 unspecified atom stereocenters. The average Bonchev–Trinajstić information content (AvgIpc) is 3.29. The quantitative estimate of drug-likeness (QED) is 0.549. The molecule has 0 radical (unpaired) electrons. The van der Waals surface area contributed by atoms with Crippen molar-refractivity contribution in [3.63, 3.8) is 0 Å². The maximum Gasteiger partial charge on any atom is 0.275 e. The zero-order valence-electron chi connectivity index (χ0n) is 14.9. The number of hydrogen-bond acceptors (Lipinski definition) is 4. The van der Waals surface area contributed by atoms with Crippen LogP contribution < -0.4 is 5.32 Å². The minimum absolute atomic E-state index is 0.301. The maximum atomic E-state index is 13.4. The second-order valence-electron chi connectivity index (χ2n) is 6.16. The number of aryl methyl sites for hydroxylation is 2. The van der Waals surface area contributed by atoms with Crippen LogP contribution in [0.5, 0.6) is 0 Å². The molecule has 0 saturated carbocycles. The number of nitrogens with one attached hydrogen (secondary N) is 1. The Morgan fingerprint density at radius 1 is 1.33 bits per heavy atom. The van der Waals surface area contributed by atoms with E-state index in [1.807, 2.05) is 18.3 Å². The summed E-state index contributed by atoms with van der Waals surface area (Å²) in [7, 11) is 0. The number of nitrogens with zero attached hydrogens (tertiary/aromatic N) is 3. The lowest BCUT2D eigenvalue weighted by Gasteiger charge is -2.04. The Morgan fingerprint density at radius 2 is 2.19 bits per heavy atom. The maximum absolute atomic E-state index is 13.4. The number of pyridine rings is 1. The minimum atomic E-state index is -0.319. The van der Waals surface area contributed by atoms with Gasteiger partial charge in [-0.25, -0.2) is 14.4 Å². The van der Waals surface area contributed by atoms with E-state index in [0.29, 0.717) is 16.9 Å². The van der Waals surface area contributed by atoms with Crippen LogP contribution in [0.2, 0.25) is 0 Å². The highest BCUT2D eigenvalue weighted by Crippen LogP contribution is 2.32. The van der Waals surface area contributed by atoms with E-state index >= 15 is 0 Å². The molecule has 0 bridgehead atoms. The molecule has 0 spiro atoms. The molecule has 136 valence electrons. The summed E-state index contributed by atoms with van der Waals surface area (Å²) in [6.45, 7) is 4.52. The number of thiazole rings is 1. The molecule has 0 aliphatic carbocycles. The van der Waals surface area contributed by atoms with Crippen molar-refractivity contribution in [2.45, 2.75) is 20.4 Å². The van der Waals surface area contributed by atoms with Gasteiger partial charge in [0.05, 0.1) is 0 Å². The second-order valence-corrected chi connectivity index (χ2v) is 7.02. The molecule has 0 atom stereocenters. The monoisotopic (exact) mass is 380 g/mol. The SMILES string of the molecule is CCn1cc(-c2nc(C(=O)Nc3ccc(F)c(C)c3)cs2)c2cccnc21. The lowest BCUT2D eigenvalue weighted by atomic mass is 10.2. The van der Waals surface area contributed by atoms with E-state index in [9.17, 15) is 9.18 Å². The number of carbonyl (C=O) groups excluding carboxylic acids is 1. The molecule has 4 aromatic rings. The molecule has 27 heavy (non-hydrogen) atoms. The number of anilines is 1. The van der Waals surface area contributed by atoms with Crippen LogP contribution in [0.1, 0.15) is 23.0 Å². The first-order valence-corrected chi connectivity index (χ1v) is 9.42. The summed E-state index contributed by atoms with van der Waals surface area (Å²) in [4.78, 5) is 21.4. The summed E-state index contributed by atoms with van der Waals surface area (Å²) in [5.41, 5.74) is 3.21. The van der Waals surface area contributed by atoms with Gasteiger partial charge < -0.3 is 9.88 Å². The van der Waals surface area contributed by atoms with Gasteiger partial charge in [0, 0.05) is 41.0 Å². The van der Waals surface area contributed by atoms with Gasteiger partial charge in [-0.05, 0) is 49.7 Å². The van der Waals surface area contributed by atoms with Crippen LogP contribution in [0.25, 0.3) is 21.6 Å². The van der Waals surface area contributed by atoms with Gasteiger partial charge in [-0.3, -0.25) is 4.79 Å². The number of hydrogen-bond donors (Lipinski definition) is 1. The Morgan fingerprint density at radius 3 is 2.96 bits per heavy atom. The summed E-state index contributed by atoms with van der Waals surface area (Å²) in [5.74, 6) is -0.620. The lowest BCUT2D eigenvalue weighted by Crippen LogP contribution is -2.12. The van der Waals surface area contributed by atoms with E-state index in [-0.39, 0.29) is 11.7 Å². The molecule has 3 heterocycles. The molecular formula is C20H17FN4OS. The smallest absolute Gasteiger partial charge is 0.275 e. The number of fused-ring (bicyclic) bond motifs is 1. The average molecular weight is 380 g/mol. The first-order chi connectivity index (χ1) is 13.1. The van der Waals surface area contributed by atoms with Gasteiger partial charge in [0.25, 0.3) is 5.91 Å². The van der Waals surface area contributed by atoms with E-state index in [1.165, 1.54) is 23.5 Å². The van der Waals surface area contributed by atoms with Gasteiger partial charge >= 0.3 is 0 Å². The first kappa shape index (κ1) is 17.4. The van der Waals surface area contributed by atoms with E-state index in [0.717, 1.165) is 28.1 Å². The van der Waals surface area contributed by atoms with Crippen molar-refractivity contribution in [1.82, 2.24) is 14.5 Å². The molecule has 3 aromatic heterocycles. The van der Waals surface area contributed by atoms with E-state index in [1.54, 1.807) is 24.6 Å². The van der Waals surface area contributed by atoms with Crippen LogP contribution in [-0.2, 0) is 6.54 Å². The Kier molecular flexibility index (Phi) is 4.45. The summed E-state index contributed by atoms with van der Waals surface area (Å²) in [6, 6.07) is 8.37. The standard InChI is InChI=1S/C20H17FN4OS/c1-3-25-10-15(14-5-4-8-22-18(14)25)20-24-17(11-27-20)19(26)23-13-6-7-16(21)12(2)9-13/h4-11H,3H2,1-2H3,(H,23,26). The highest BCUT2D eigenvalue weighted by atomic mass is 32.1. The third-order valence-corrected chi connectivity index (χ3v) is 5.23. The number of benzene rings is 1. The van der Waals surface area contributed by atoms with Gasteiger partial charge in [-0.2, -0.15) is 0 Å². The summed E-state index contributed by atoms with van der Waals surface area (Å²) in [6.07, 6.45) is 3.78. The van der Waals surface area contributed by atoms with Crippen molar-refractivity contribution < 1.29 is 9.18 Å². The first-order valence-electron chi connectivity index (χ1n) is 8.54. The molecule has 7 heteroatoms. The molecule has 1 amide bonds.